The van der Waals surface area contributed by atoms with Crippen LogP contribution in [0.3, 0.4) is 0 Å². The van der Waals surface area contributed by atoms with Crippen molar-refractivity contribution in [1.82, 2.24) is 9.80 Å². The van der Waals surface area contributed by atoms with Gasteiger partial charge in [-0.1, -0.05) is 0 Å². The molecule has 4 heteroatoms. The highest BCUT2D eigenvalue weighted by Gasteiger charge is 2.13. The van der Waals surface area contributed by atoms with E-state index in [4.69, 9.17) is 10.00 Å². The van der Waals surface area contributed by atoms with Gasteiger partial charge in [-0.15, -0.1) is 0 Å². The second kappa shape index (κ2) is 6.77. The third kappa shape index (κ3) is 5.18. The summed E-state index contributed by atoms with van der Waals surface area (Å²) >= 11 is 0. The Bertz CT molecular complexity index is 188. The van der Waals surface area contributed by atoms with Crippen molar-refractivity contribution in [2.45, 2.75) is 32.7 Å². The lowest BCUT2D eigenvalue weighted by atomic mass is 10.4. The van der Waals surface area contributed by atoms with E-state index in [0.29, 0.717) is 6.42 Å². The van der Waals surface area contributed by atoms with E-state index in [0.717, 1.165) is 6.54 Å². The minimum Gasteiger partial charge on any atom is -0.345 e. The van der Waals surface area contributed by atoms with E-state index in [-0.39, 0.29) is 12.5 Å². The second-order valence-electron chi connectivity index (χ2n) is 3.69. The number of nitrogens with zero attached hydrogens (tertiary/aromatic N) is 3. The van der Waals surface area contributed by atoms with E-state index >= 15 is 0 Å². The molecule has 0 aliphatic carbocycles. The molecule has 82 valence electrons. The molecule has 0 heterocycles. The molecule has 0 aromatic rings. The Labute approximate surface area is 87.0 Å². The van der Waals surface area contributed by atoms with Crippen LogP contribution in [0.4, 0.5) is 0 Å². The molecule has 0 aliphatic rings. The van der Waals surface area contributed by atoms with Gasteiger partial charge in [0.15, 0.2) is 0 Å². The summed E-state index contributed by atoms with van der Waals surface area (Å²) in [5.74, 6) is 0. The van der Waals surface area contributed by atoms with Crippen LogP contribution in [0.5, 0.6) is 0 Å². The maximum absolute atomic E-state index is 8.44. The Balaban J connectivity index is 3.83. The predicted molar refractivity (Wildman–Crippen MR) is 56.6 cm³/mol. The molecular formula is C10H21N3O. The molecule has 4 nitrogen and oxygen atoms in total. The zero-order valence-corrected chi connectivity index (χ0v) is 9.82. The van der Waals surface area contributed by atoms with Crippen LogP contribution in [0, 0.1) is 11.3 Å². The van der Waals surface area contributed by atoms with Crippen LogP contribution in [0.25, 0.3) is 0 Å². The van der Waals surface area contributed by atoms with Gasteiger partial charge >= 0.3 is 0 Å². The summed E-state index contributed by atoms with van der Waals surface area (Å²) in [5.41, 5.74) is 0. The summed E-state index contributed by atoms with van der Waals surface area (Å²) < 4.78 is 5.71. The van der Waals surface area contributed by atoms with Crippen molar-refractivity contribution in [3.63, 3.8) is 0 Å². The first-order chi connectivity index (χ1) is 6.49. The van der Waals surface area contributed by atoms with Crippen LogP contribution in [0.15, 0.2) is 0 Å². The third-order valence-corrected chi connectivity index (χ3v) is 2.32. The molecule has 14 heavy (non-hydrogen) atoms. The fourth-order valence-corrected chi connectivity index (χ4v) is 0.919. The smallest absolute Gasteiger partial charge is 0.109 e. The highest BCUT2D eigenvalue weighted by molar-refractivity contribution is 4.71. The highest BCUT2D eigenvalue weighted by atomic mass is 16.5. The summed E-state index contributed by atoms with van der Waals surface area (Å²) in [6, 6.07) is 2.12. The van der Waals surface area contributed by atoms with E-state index < -0.39 is 0 Å². The molecule has 0 bridgehead atoms. The van der Waals surface area contributed by atoms with Crippen molar-refractivity contribution in [2.75, 3.05) is 27.7 Å². The zero-order chi connectivity index (χ0) is 11.1. The van der Waals surface area contributed by atoms with Crippen molar-refractivity contribution < 1.29 is 4.74 Å². The van der Waals surface area contributed by atoms with Gasteiger partial charge in [0.2, 0.25) is 0 Å². The van der Waals surface area contributed by atoms with Gasteiger partial charge in [0, 0.05) is 13.0 Å². The van der Waals surface area contributed by atoms with Gasteiger partial charge in [-0.3, -0.25) is 9.80 Å². The van der Waals surface area contributed by atoms with E-state index in [2.05, 4.69) is 6.07 Å². The standard InChI is InChI=1S/C10H21N3O/c1-9(12(3)4)14-10(2)13(5)8-6-7-11/h9-10H,6,8H2,1-5H3. The Kier molecular flexibility index (Phi) is 6.46. The third-order valence-electron chi connectivity index (χ3n) is 2.32. The number of nitriles is 1. The van der Waals surface area contributed by atoms with E-state index in [9.17, 15) is 0 Å². The van der Waals surface area contributed by atoms with E-state index in [1.807, 2.05) is 44.8 Å². The van der Waals surface area contributed by atoms with Crippen LogP contribution in [0.2, 0.25) is 0 Å². The molecule has 0 fully saturated rings. The van der Waals surface area contributed by atoms with Crippen LogP contribution < -0.4 is 0 Å². The quantitative estimate of drug-likeness (QED) is 0.601. The van der Waals surface area contributed by atoms with Crippen molar-refractivity contribution in [3.05, 3.63) is 0 Å². The maximum atomic E-state index is 8.44. The largest absolute Gasteiger partial charge is 0.345 e. The minimum atomic E-state index is 0.0424. The molecule has 0 rings (SSSR count). The summed E-state index contributed by atoms with van der Waals surface area (Å²) in [7, 11) is 5.92. The van der Waals surface area contributed by atoms with E-state index in [1.54, 1.807) is 0 Å². The molecule has 2 atom stereocenters. The first kappa shape index (κ1) is 13.4. The summed E-state index contributed by atoms with van der Waals surface area (Å²) in [4.78, 5) is 4.04. The Morgan fingerprint density at radius 3 is 2.21 bits per heavy atom. The number of hydrogen-bond acceptors (Lipinski definition) is 4. The summed E-state index contributed by atoms with van der Waals surface area (Å²) in [6.07, 6.45) is 0.677. The number of rotatable bonds is 6. The Hall–Kier alpha value is -0.630. The number of ether oxygens (including phenoxy) is 1. The van der Waals surface area contributed by atoms with Crippen LogP contribution in [-0.4, -0.2) is 49.9 Å². The molecule has 0 saturated heterocycles. The maximum Gasteiger partial charge on any atom is 0.109 e. The topological polar surface area (TPSA) is 39.5 Å². The van der Waals surface area contributed by atoms with Crippen molar-refractivity contribution in [2.24, 2.45) is 0 Å². The average Bonchev–Trinajstić information content (AvgIpc) is 2.13. The average molecular weight is 199 g/mol. The molecule has 0 N–H and O–H groups in total. The molecule has 0 spiro atoms. The van der Waals surface area contributed by atoms with Gasteiger partial charge in [-0.05, 0) is 35.0 Å². The second-order valence-corrected chi connectivity index (χ2v) is 3.69. The first-order valence-electron chi connectivity index (χ1n) is 4.88. The van der Waals surface area contributed by atoms with Crippen LogP contribution in [0.1, 0.15) is 20.3 Å². The predicted octanol–water partition coefficient (Wildman–Crippen LogP) is 1.10. The van der Waals surface area contributed by atoms with Gasteiger partial charge in [0.25, 0.3) is 0 Å². The fraction of sp³-hybridized carbons (Fsp3) is 0.900. The van der Waals surface area contributed by atoms with Crippen molar-refractivity contribution in [3.8, 4) is 6.07 Å². The number of hydrogen-bond donors (Lipinski definition) is 0. The Morgan fingerprint density at radius 1 is 1.21 bits per heavy atom. The lowest BCUT2D eigenvalue weighted by molar-refractivity contribution is -0.119. The lowest BCUT2D eigenvalue weighted by Crippen LogP contribution is -2.39. The molecule has 0 amide bonds. The molecule has 0 aromatic heterocycles. The fourth-order valence-electron chi connectivity index (χ4n) is 0.919. The van der Waals surface area contributed by atoms with Gasteiger partial charge in [0.1, 0.15) is 12.5 Å². The van der Waals surface area contributed by atoms with Gasteiger partial charge in [-0.2, -0.15) is 5.26 Å². The highest BCUT2D eigenvalue weighted by Crippen LogP contribution is 2.04. The summed E-state index contributed by atoms with van der Waals surface area (Å²) in [5, 5.41) is 8.44. The van der Waals surface area contributed by atoms with Crippen molar-refractivity contribution >= 4 is 0 Å². The van der Waals surface area contributed by atoms with Gasteiger partial charge in [-0.25, -0.2) is 0 Å². The molecule has 0 saturated carbocycles. The van der Waals surface area contributed by atoms with Crippen LogP contribution in [-0.2, 0) is 4.74 Å². The van der Waals surface area contributed by atoms with Crippen LogP contribution >= 0.6 is 0 Å². The van der Waals surface area contributed by atoms with Gasteiger partial charge < -0.3 is 4.74 Å². The molecular weight excluding hydrogens is 178 g/mol. The lowest BCUT2D eigenvalue weighted by Gasteiger charge is -2.29. The molecule has 0 aromatic carbocycles. The minimum absolute atomic E-state index is 0.0424. The van der Waals surface area contributed by atoms with Gasteiger partial charge in [0.05, 0.1) is 6.07 Å². The van der Waals surface area contributed by atoms with Crippen molar-refractivity contribution in [1.29, 1.82) is 5.26 Å². The molecule has 0 radical (unpaired) electrons. The first-order valence-corrected chi connectivity index (χ1v) is 4.88. The normalized spacial score (nSPS) is 15.6. The zero-order valence-electron chi connectivity index (χ0n) is 9.82. The SMILES string of the molecule is CC(OC(C)N(C)CCC#N)N(C)C. The molecule has 0 aliphatic heterocycles. The summed E-state index contributed by atoms with van der Waals surface area (Å²) in [6.45, 7) is 4.75. The Morgan fingerprint density at radius 2 is 1.79 bits per heavy atom. The van der Waals surface area contributed by atoms with E-state index in [1.165, 1.54) is 0 Å². The monoisotopic (exact) mass is 199 g/mol. The molecule has 2 unspecified atom stereocenters.